The average molecular weight is 301 g/mol. The maximum Gasteiger partial charge on any atom is 0.0644 e. The predicted molar refractivity (Wildman–Crippen MR) is 92.0 cm³/mol. The van der Waals surface area contributed by atoms with Gasteiger partial charge in [-0.15, -0.1) is 0 Å². The lowest BCUT2D eigenvalue weighted by atomic mass is 10.0. The lowest BCUT2D eigenvalue weighted by molar-refractivity contribution is -0.115. The molecule has 0 saturated carbocycles. The van der Waals surface area contributed by atoms with Crippen LogP contribution in [-0.4, -0.2) is 18.4 Å². The van der Waals surface area contributed by atoms with E-state index in [4.69, 9.17) is 4.84 Å². The van der Waals surface area contributed by atoms with Gasteiger partial charge in [0.2, 0.25) is 0 Å². The summed E-state index contributed by atoms with van der Waals surface area (Å²) >= 11 is 0. The van der Waals surface area contributed by atoms with Crippen LogP contribution in [0.4, 0.5) is 0 Å². The molecule has 0 aliphatic heterocycles. The van der Waals surface area contributed by atoms with Gasteiger partial charge in [0.15, 0.2) is 0 Å². The monoisotopic (exact) mass is 300 g/mol. The van der Waals surface area contributed by atoms with E-state index in [-0.39, 0.29) is 0 Å². The van der Waals surface area contributed by atoms with Crippen molar-refractivity contribution in [1.82, 2.24) is 5.23 Å². The molecule has 0 spiro atoms. The molecule has 21 heavy (non-hydrogen) atoms. The molecule has 0 aromatic carbocycles. The second-order valence-corrected chi connectivity index (χ2v) is 6.07. The Kier molecular flexibility index (Phi) is 17.8. The van der Waals surface area contributed by atoms with Crippen LogP contribution in [0.15, 0.2) is 0 Å². The molecule has 128 valence electrons. The van der Waals surface area contributed by atoms with Gasteiger partial charge in [0, 0.05) is 6.54 Å². The minimum absolute atomic E-state index is 0.474. The van der Waals surface area contributed by atoms with Crippen molar-refractivity contribution in [2.45, 2.75) is 104 Å². The van der Waals surface area contributed by atoms with E-state index in [1.54, 1.807) is 0 Å². The smallest absolute Gasteiger partial charge is 0.0644 e. The molecule has 0 aromatic heterocycles. The molecule has 0 radical (unpaired) electrons. The van der Waals surface area contributed by atoms with Gasteiger partial charge >= 0.3 is 0 Å². The maximum absolute atomic E-state index is 11.1. The van der Waals surface area contributed by atoms with Gasteiger partial charge in [0.25, 0.3) is 0 Å². The van der Waals surface area contributed by atoms with Crippen molar-refractivity contribution < 1.29 is 4.84 Å². The molecule has 0 rings (SSSR count). The fourth-order valence-electron chi connectivity index (χ4n) is 2.64. The molecule has 0 bridgehead atoms. The third kappa shape index (κ3) is 17.8. The average Bonchev–Trinajstić information content (AvgIpc) is 2.48. The summed E-state index contributed by atoms with van der Waals surface area (Å²) in [6.45, 7) is 5.11. The Bertz CT molecular complexity index is 188. The lowest BCUT2D eigenvalue weighted by Gasteiger charge is -2.25. The minimum atomic E-state index is 0.474. The molecule has 0 unspecified atom stereocenters. The molecule has 0 heterocycles. The number of nitrogens with zero attached hydrogens (tertiary/aromatic N) is 1. The summed E-state index contributed by atoms with van der Waals surface area (Å²) in [4.78, 5) is 4.83. The summed E-state index contributed by atoms with van der Waals surface area (Å²) in [6.07, 6.45) is 18.8. The Hall–Kier alpha value is -0.120. The van der Waals surface area contributed by atoms with Gasteiger partial charge in [-0.25, -0.2) is 0 Å². The first kappa shape index (κ1) is 20.9. The van der Waals surface area contributed by atoms with E-state index in [9.17, 15) is 5.21 Å². The molecule has 0 atom stereocenters. The molecule has 3 heteroatoms. The summed E-state index contributed by atoms with van der Waals surface area (Å²) in [5.41, 5.74) is 0. The van der Waals surface area contributed by atoms with E-state index < -0.39 is 0 Å². The summed E-state index contributed by atoms with van der Waals surface area (Å²) in [7, 11) is 0. The quantitative estimate of drug-likeness (QED) is 0.236. The van der Waals surface area contributed by atoms with Crippen LogP contribution in [0, 0.1) is 5.21 Å². The SMILES string of the molecule is CCCCCCCCCCCCCCCCN([O-])OCC. The van der Waals surface area contributed by atoms with Gasteiger partial charge in [-0.1, -0.05) is 90.4 Å². The van der Waals surface area contributed by atoms with E-state index in [2.05, 4.69) is 6.92 Å². The molecule has 0 aromatic rings. The molecule has 3 nitrogen and oxygen atoms in total. The van der Waals surface area contributed by atoms with Crippen LogP contribution in [-0.2, 0) is 4.84 Å². The molecule has 0 amide bonds. The highest BCUT2D eigenvalue weighted by molar-refractivity contribution is 4.51. The second kappa shape index (κ2) is 17.9. The molecular weight excluding hydrogens is 262 g/mol. The zero-order valence-corrected chi connectivity index (χ0v) is 14.6. The third-order valence-electron chi connectivity index (χ3n) is 3.97. The number of hydroxylamine groups is 2. The largest absolute Gasteiger partial charge is 0.762 e. The van der Waals surface area contributed by atoms with Crippen molar-refractivity contribution in [2.75, 3.05) is 13.2 Å². The van der Waals surface area contributed by atoms with E-state index in [1.165, 1.54) is 77.0 Å². The topological polar surface area (TPSA) is 35.5 Å². The van der Waals surface area contributed by atoms with Gasteiger partial charge in [-0.05, 0) is 13.3 Å². The van der Waals surface area contributed by atoms with E-state index in [0.29, 0.717) is 13.2 Å². The summed E-state index contributed by atoms with van der Waals surface area (Å²) in [5, 5.41) is 11.8. The number of hydrogen-bond acceptors (Lipinski definition) is 3. The van der Waals surface area contributed by atoms with Crippen molar-refractivity contribution in [3.8, 4) is 0 Å². The van der Waals surface area contributed by atoms with Crippen LogP contribution in [0.25, 0.3) is 0 Å². The molecule has 0 aliphatic rings. The van der Waals surface area contributed by atoms with E-state index >= 15 is 0 Å². The first-order chi connectivity index (χ1) is 10.3. The summed E-state index contributed by atoms with van der Waals surface area (Å²) in [5.74, 6) is 0. The van der Waals surface area contributed by atoms with Gasteiger partial charge < -0.3 is 10.0 Å². The zero-order chi connectivity index (χ0) is 15.6. The Balaban J connectivity index is 2.99. The van der Waals surface area contributed by atoms with Crippen LogP contribution in [0.1, 0.15) is 104 Å². The first-order valence-corrected chi connectivity index (χ1v) is 9.38. The van der Waals surface area contributed by atoms with Crippen molar-refractivity contribution in [3.05, 3.63) is 5.21 Å². The van der Waals surface area contributed by atoms with Gasteiger partial charge in [-0.2, -0.15) is 0 Å². The summed E-state index contributed by atoms with van der Waals surface area (Å²) in [6, 6.07) is 0. The highest BCUT2D eigenvalue weighted by Crippen LogP contribution is 2.13. The molecular formula is C18H38NO2-. The van der Waals surface area contributed by atoms with Gasteiger partial charge in [0.1, 0.15) is 0 Å². The van der Waals surface area contributed by atoms with E-state index in [1.807, 2.05) is 6.92 Å². The minimum Gasteiger partial charge on any atom is -0.762 e. The van der Waals surface area contributed by atoms with Crippen molar-refractivity contribution in [3.63, 3.8) is 0 Å². The Morgan fingerprint density at radius 2 is 1.00 bits per heavy atom. The van der Waals surface area contributed by atoms with Gasteiger partial charge in [0.05, 0.1) is 6.61 Å². The zero-order valence-electron chi connectivity index (χ0n) is 14.6. The predicted octanol–water partition coefficient (Wildman–Crippen LogP) is 6.22. The Morgan fingerprint density at radius 3 is 1.38 bits per heavy atom. The second-order valence-electron chi connectivity index (χ2n) is 6.07. The number of hydrogen-bond donors (Lipinski definition) is 0. The fourth-order valence-corrected chi connectivity index (χ4v) is 2.64. The molecule has 0 N–H and O–H groups in total. The molecule has 0 aliphatic carbocycles. The number of rotatable bonds is 17. The number of unbranched alkanes of at least 4 members (excludes halogenated alkanes) is 13. The normalized spacial score (nSPS) is 11.4. The van der Waals surface area contributed by atoms with Crippen LogP contribution >= 0.6 is 0 Å². The maximum atomic E-state index is 11.1. The van der Waals surface area contributed by atoms with Gasteiger partial charge in [-0.3, -0.25) is 5.23 Å². The first-order valence-electron chi connectivity index (χ1n) is 9.38. The third-order valence-corrected chi connectivity index (χ3v) is 3.97. The Morgan fingerprint density at radius 1 is 0.619 bits per heavy atom. The highest BCUT2D eigenvalue weighted by atomic mass is 16.9. The van der Waals surface area contributed by atoms with Crippen molar-refractivity contribution >= 4 is 0 Å². The van der Waals surface area contributed by atoms with Crippen molar-refractivity contribution in [1.29, 1.82) is 0 Å². The highest BCUT2D eigenvalue weighted by Gasteiger charge is 1.95. The van der Waals surface area contributed by atoms with E-state index in [0.717, 1.165) is 18.1 Å². The summed E-state index contributed by atoms with van der Waals surface area (Å²) < 4.78 is 0. The van der Waals surface area contributed by atoms with Crippen LogP contribution in [0.5, 0.6) is 0 Å². The standard InChI is InChI=1S/C18H38NO2/c1-3-5-6-7-8-9-10-11-12-13-14-15-16-17-18-19(20)21-4-2/h3-18H2,1-2H3/q-1. The van der Waals surface area contributed by atoms with Crippen LogP contribution < -0.4 is 0 Å². The fraction of sp³-hybridized carbons (Fsp3) is 1.00. The Labute approximate surface area is 133 Å². The molecule has 0 saturated heterocycles. The lowest BCUT2D eigenvalue weighted by Crippen LogP contribution is -2.17. The van der Waals surface area contributed by atoms with Crippen molar-refractivity contribution in [2.24, 2.45) is 0 Å². The van der Waals surface area contributed by atoms with Crippen LogP contribution in [0.3, 0.4) is 0 Å². The van der Waals surface area contributed by atoms with Crippen LogP contribution in [0.2, 0.25) is 0 Å². The molecule has 0 fully saturated rings.